The predicted molar refractivity (Wildman–Crippen MR) is 69.8 cm³/mol. The number of nitrogens with zero attached hydrogens (tertiary/aromatic N) is 2. The average molecular weight is 284 g/mol. The van der Waals surface area contributed by atoms with Crippen LogP contribution in [0.15, 0.2) is 0 Å². The smallest absolute Gasteiger partial charge is 0.260 e. The lowest BCUT2D eigenvalue weighted by molar-refractivity contribution is -0.185. The van der Waals surface area contributed by atoms with Gasteiger partial charge in [-0.05, 0) is 32.6 Å². The molecule has 0 aromatic carbocycles. The van der Waals surface area contributed by atoms with Gasteiger partial charge >= 0.3 is 0 Å². The van der Waals surface area contributed by atoms with Gasteiger partial charge in [0.05, 0.1) is 11.6 Å². The molecule has 0 radical (unpaired) electrons. The van der Waals surface area contributed by atoms with Gasteiger partial charge in [-0.2, -0.15) is 0 Å². The number of likely N-dealkylation sites (tertiary alicyclic amines) is 1. The summed E-state index contributed by atoms with van der Waals surface area (Å²) in [6.07, 6.45) is 2.04. The Balaban J connectivity index is 1.66. The molecule has 0 aromatic rings. The molecule has 3 aliphatic rings. The van der Waals surface area contributed by atoms with Crippen molar-refractivity contribution in [3.63, 3.8) is 0 Å². The second-order valence-corrected chi connectivity index (χ2v) is 6.29. The lowest BCUT2D eigenvalue weighted by Crippen LogP contribution is -2.63. The maximum absolute atomic E-state index is 13.8. The summed E-state index contributed by atoms with van der Waals surface area (Å²) in [5.41, 5.74) is -1.97. The van der Waals surface area contributed by atoms with Gasteiger partial charge in [0.2, 0.25) is 5.91 Å². The minimum absolute atomic E-state index is 0.0117. The molecule has 2 aliphatic heterocycles. The van der Waals surface area contributed by atoms with Crippen LogP contribution in [0.5, 0.6) is 0 Å². The Hall–Kier alpha value is -1.17. The van der Waals surface area contributed by atoms with Gasteiger partial charge < -0.3 is 14.5 Å². The van der Waals surface area contributed by atoms with Crippen molar-refractivity contribution in [2.24, 2.45) is 0 Å². The Bertz CT molecular complexity index is 442. The van der Waals surface area contributed by atoms with E-state index in [1.807, 2.05) is 6.92 Å². The summed E-state index contributed by atoms with van der Waals surface area (Å²) < 4.78 is 19.6. The predicted octanol–water partition coefficient (Wildman–Crippen LogP) is 0.727. The number of ether oxygens (including phenoxy) is 1. The number of halogens is 1. The Kier molecular flexibility index (Phi) is 3.04. The minimum atomic E-state index is -1.59. The van der Waals surface area contributed by atoms with Crippen LogP contribution in [0, 0.1) is 0 Å². The van der Waals surface area contributed by atoms with E-state index in [0.29, 0.717) is 38.8 Å². The average Bonchev–Trinajstić information content (AvgIpc) is 3.20. The molecule has 2 amide bonds. The maximum Gasteiger partial charge on any atom is 0.260 e. The largest absolute Gasteiger partial charge is 0.363 e. The van der Waals surface area contributed by atoms with Crippen molar-refractivity contribution in [2.75, 3.05) is 26.7 Å². The monoisotopic (exact) mass is 284 g/mol. The number of likely N-dealkylation sites (N-methyl/N-ethyl adjacent to an activating group) is 1. The standard InChI is InChI=1S/C14H21FN2O3/c1-10-14(20-9-11(18)16(10)2)5-7-17(8-6-14)12(19)13(15)3-4-13/h10H,3-9H2,1-2H3. The van der Waals surface area contributed by atoms with E-state index in [2.05, 4.69) is 0 Å². The molecule has 2 heterocycles. The molecule has 1 atom stereocenters. The van der Waals surface area contributed by atoms with Crippen LogP contribution in [0.1, 0.15) is 32.6 Å². The van der Waals surface area contributed by atoms with Crippen LogP contribution >= 0.6 is 0 Å². The summed E-state index contributed by atoms with van der Waals surface area (Å²) in [7, 11) is 1.79. The van der Waals surface area contributed by atoms with Crippen molar-refractivity contribution < 1.29 is 18.7 Å². The normalized spacial score (nSPS) is 31.6. The second-order valence-electron chi connectivity index (χ2n) is 6.29. The zero-order valence-electron chi connectivity index (χ0n) is 12.0. The molecule has 0 N–H and O–H groups in total. The van der Waals surface area contributed by atoms with E-state index < -0.39 is 5.67 Å². The molecule has 20 heavy (non-hydrogen) atoms. The summed E-state index contributed by atoms with van der Waals surface area (Å²) in [4.78, 5) is 27.0. The number of morpholine rings is 1. The number of carbonyl (C=O) groups excluding carboxylic acids is 2. The van der Waals surface area contributed by atoms with Crippen molar-refractivity contribution in [3.8, 4) is 0 Å². The van der Waals surface area contributed by atoms with E-state index in [9.17, 15) is 14.0 Å². The third-order valence-corrected chi connectivity index (χ3v) is 5.19. The maximum atomic E-state index is 13.8. The zero-order chi connectivity index (χ0) is 14.5. The Morgan fingerprint density at radius 2 is 1.90 bits per heavy atom. The van der Waals surface area contributed by atoms with Gasteiger partial charge in [-0.25, -0.2) is 4.39 Å². The quantitative estimate of drug-likeness (QED) is 0.713. The minimum Gasteiger partial charge on any atom is -0.363 e. The van der Waals surface area contributed by atoms with Gasteiger partial charge in [0, 0.05) is 20.1 Å². The van der Waals surface area contributed by atoms with Crippen molar-refractivity contribution in [2.45, 2.75) is 49.9 Å². The second kappa shape index (κ2) is 4.41. The molecule has 0 bridgehead atoms. The highest BCUT2D eigenvalue weighted by atomic mass is 19.1. The highest BCUT2D eigenvalue weighted by Crippen LogP contribution is 2.43. The molecule has 1 unspecified atom stereocenters. The first-order chi connectivity index (χ1) is 9.38. The van der Waals surface area contributed by atoms with E-state index >= 15 is 0 Å². The Morgan fingerprint density at radius 3 is 2.45 bits per heavy atom. The lowest BCUT2D eigenvalue weighted by atomic mass is 9.82. The van der Waals surface area contributed by atoms with Gasteiger partial charge in [-0.3, -0.25) is 9.59 Å². The summed E-state index contributed by atoms with van der Waals surface area (Å²) in [5.74, 6) is -0.373. The highest BCUT2D eigenvalue weighted by molar-refractivity contribution is 5.88. The van der Waals surface area contributed by atoms with E-state index in [1.165, 1.54) is 0 Å². The number of hydrogen-bond acceptors (Lipinski definition) is 3. The van der Waals surface area contributed by atoms with Crippen LogP contribution in [0.25, 0.3) is 0 Å². The Morgan fingerprint density at radius 1 is 1.30 bits per heavy atom. The molecule has 3 fully saturated rings. The molecule has 0 aromatic heterocycles. The molecule has 1 aliphatic carbocycles. The summed E-state index contributed by atoms with van der Waals surface area (Å²) in [6.45, 7) is 3.10. The van der Waals surface area contributed by atoms with E-state index in [0.717, 1.165) is 0 Å². The number of alkyl halides is 1. The molecule has 3 rings (SSSR count). The number of hydrogen-bond donors (Lipinski definition) is 0. The first kappa shape index (κ1) is 13.8. The molecule has 1 saturated carbocycles. The van der Waals surface area contributed by atoms with Gasteiger partial charge in [0.25, 0.3) is 5.91 Å². The van der Waals surface area contributed by atoms with Gasteiger partial charge in [-0.15, -0.1) is 0 Å². The van der Waals surface area contributed by atoms with Crippen LogP contribution < -0.4 is 0 Å². The SMILES string of the molecule is CC1N(C)C(=O)COC12CCN(C(=O)C1(F)CC1)CC2. The molecule has 6 heteroatoms. The molecular weight excluding hydrogens is 263 g/mol. The van der Waals surface area contributed by atoms with Crippen molar-refractivity contribution in [1.82, 2.24) is 9.80 Å². The van der Waals surface area contributed by atoms with Gasteiger partial charge in [-0.1, -0.05) is 0 Å². The first-order valence-corrected chi connectivity index (χ1v) is 7.26. The third kappa shape index (κ3) is 2.01. The number of amides is 2. The molecule has 5 nitrogen and oxygen atoms in total. The van der Waals surface area contributed by atoms with Gasteiger partial charge in [0.1, 0.15) is 6.61 Å². The topological polar surface area (TPSA) is 49.9 Å². The van der Waals surface area contributed by atoms with Crippen LogP contribution in [-0.2, 0) is 14.3 Å². The summed E-state index contributed by atoms with van der Waals surface area (Å²) >= 11 is 0. The van der Waals surface area contributed by atoms with Crippen molar-refractivity contribution >= 4 is 11.8 Å². The van der Waals surface area contributed by atoms with Crippen LogP contribution in [0.2, 0.25) is 0 Å². The molecular formula is C14H21FN2O3. The molecule has 1 spiro atoms. The fraction of sp³-hybridized carbons (Fsp3) is 0.857. The number of piperidine rings is 1. The molecule has 112 valence electrons. The number of rotatable bonds is 1. The van der Waals surface area contributed by atoms with E-state index in [-0.39, 0.29) is 30.1 Å². The molecule has 2 saturated heterocycles. The van der Waals surface area contributed by atoms with Crippen LogP contribution in [0.3, 0.4) is 0 Å². The van der Waals surface area contributed by atoms with Crippen LogP contribution in [0.4, 0.5) is 4.39 Å². The van der Waals surface area contributed by atoms with E-state index in [1.54, 1.807) is 16.8 Å². The highest BCUT2D eigenvalue weighted by Gasteiger charge is 2.55. The van der Waals surface area contributed by atoms with Gasteiger partial charge in [0.15, 0.2) is 5.67 Å². The van der Waals surface area contributed by atoms with Crippen molar-refractivity contribution in [1.29, 1.82) is 0 Å². The van der Waals surface area contributed by atoms with Crippen molar-refractivity contribution in [3.05, 3.63) is 0 Å². The third-order valence-electron chi connectivity index (χ3n) is 5.19. The fourth-order valence-corrected chi connectivity index (χ4v) is 3.25. The zero-order valence-corrected chi connectivity index (χ0v) is 12.0. The fourth-order valence-electron chi connectivity index (χ4n) is 3.25. The number of carbonyl (C=O) groups is 2. The lowest BCUT2D eigenvalue weighted by Gasteiger charge is -2.50. The van der Waals surface area contributed by atoms with Crippen LogP contribution in [-0.4, -0.2) is 65.7 Å². The Labute approximate surface area is 118 Å². The summed E-state index contributed by atoms with van der Waals surface area (Å²) in [5, 5.41) is 0. The first-order valence-electron chi connectivity index (χ1n) is 7.26. The van der Waals surface area contributed by atoms with E-state index in [4.69, 9.17) is 4.74 Å². The summed E-state index contributed by atoms with van der Waals surface area (Å²) in [6, 6.07) is -0.0127.